The molecule has 0 saturated carbocycles. The molecule has 1 heterocycles. The molecule has 1 amide bonds. The fourth-order valence-corrected chi connectivity index (χ4v) is 3.27. The number of ether oxygens (including phenoxy) is 1. The van der Waals surface area contributed by atoms with Crippen LogP contribution in [0.3, 0.4) is 0 Å². The predicted octanol–water partition coefficient (Wildman–Crippen LogP) is 2.64. The zero-order valence-electron chi connectivity index (χ0n) is 19.4. The van der Waals surface area contributed by atoms with Crippen LogP contribution in [0.5, 0.6) is 0 Å². The topological polar surface area (TPSA) is 109 Å². The predicted molar refractivity (Wildman–Crippen MR) is 130 cm³/mol. The van der Waals surface area contributed by atoms with Gasteiger partial charge in [-0.2, -0.15) is 5.26 Å². The molecule has 3 aromatic rings. The van der Waals surface area contributed by atoms with E-state index in [0.29, 0.717) is 16.9 Å². The number of hydrogen-bond acceptors (Lipinski definition) is 6. The molecular weight excluding hydrogens is 434 g/mol. The van der Waals surface area contributed by atoms with Gasteiger partial charge in [-0.05, 0) is 42.8 Å². The maximum absolute atomic E-state index is 12.9. The number of carbonyl (C=O) groups excluding carboxylic acids is 2. The lowest BCUT2D eigenvalue weighted by Crippen LogP contribution is -2.26. The summed E-state index contributed by atoms with van der Waals surface area (Å²) in [4.78, 5) is 39.5. The molecule has 9 heteroatoms. The van der Waals surface area contributed by atoms with Crippen LogP contribution in [0.15, 0.2) is 65.0 Å². The van der Waals surface area contributed by atoms with Crippen LogP contribution in [0, 0.1) is 18.3 Å². The number of nitrogens with zero attached hydrogens (tertiary/aromatic N) is 4. The second-order valence-corrected chi connectivity index (χ2v) is 7.72. The monoisotopic (exact) mass is 459 g/mol. The third-order valence-corrected chi connectivity index (χ3v) is 5.21. The first-order valence-electron chi connectivity index (χ1n) is 10.4. The number of para-hydroxylation sites is 1. The number of rotatable bonds is 7. The Labute approximate surface area is 197 Å². The zero-order valence-corrected chi connectivity index (χ0v) is 19.4. The van der Waals surface area contributed by atoms with E-state index in [1.165, 1.54) is 10.8 Å². The van der Waals surface area contributed by atoms with Crippen molar-refractivity contribution in [2.45, 2.75) is 6.92 Å². The second-order valence-electron chi connectivity index (χ2n) is 7.72. The first-order chi connectivity index (χ1) is 16.2. The van der Waals surface area contributed by atoms with Crippen molar-refractivity contribution in [3.63, 3.8) is 0 Å². The van der Waals surface area contributed by atoms with E-state index in [-0.39, 0.29) is 11.3 Å². The summed E-state index contributed by atoms with van der Waals surface area (Å²) < 4.78 is 8.05. The lowest BCUT2D eigenvalue weighted by molar-refractivity contribution is -0.142. The maximum Gasteiger partial charge on any atom is 0.349 e. The zero-order chi connectivity index (χ0) is 24.8. The van der Waals surface area contributed by atoms with Gasteiger partial charge in [-0.3, -0.25) is 14.3 Å². The van der Waals surface area contributed by atoms with E-state index in [1.807, 2.05) is 37.2 Å². The fourth-order valence-electron chi connectivity index (χ4n) is 3.27. The summed E-state index contributed by atoms with van der Waals surface area (Å²) in [5.41, 5.74) is 2.23. The van der Waals surface area contributed by atoms with E-state index in [9.17, 15) is 19.6 Å². The molecule has 174 valence electrons. The molecule has 3 rings (SSSR count). The first kappa shape index (κ1) is 24.1. The Bertz CT molecular complexity index is 1330. The number of anilines is 2. The largest absolute Gasteiger partial charge is 0.451 e. The number of benzene rings is 2. The van der Waals surface area contributed by atoms with Gasteiger partial charge in [0, 0.05) is 26.8 Å². The molecule has 34 heavy (non-hydrogen) atoms. The fraction of sp³-hybridized carbons (Fsp3) is 0.200. The van der Waals surface area contributed by atoms with Gasteiger partial charge in [-0.25, -0.2) is 9.48 Å². The van der Waals surface area contributed by atoms with Gasteiger partial charge < -0.3 is 15.0 Å². The van der Waals surface area contributed by atoms with Gasteiger partial charge in [0.2, 0.25) is 0 Å². The van der Waals surface area contributed by atoms with Gasteiger partial charge in [0.15, 0.2) is 6.61 Å². The van der Waals surface area contributed by atoms with Gasteiger partial charge in [0.05, 0.1) is 11.4 Å². The number of carbonyl (C=O) groups is 2. The third kappa shape index (κ3) is 5.24. The standard InChI is InChI=1S/C25H25N5O4/c1-17-23(24(32)30(29(17)4)21-8-6-5-7-9-21)27-22(31)16-34-25(33)19(15-26)14-18-10-12-20(13-11-18)28(2)3/h5-14H,16H2,1-4H3,(H,27,31). The Kier molecular flexibility index (Phi) is 7.33. The molecule has 0 aliphatic heterocycles. The van der Waals surface area contributed by atoms with Crippen LogP contribution in [0.1, 0.15) is 11.3 Å². The number of amides is 1. The minimum atomic E-state index is -0.930. The second kappa shape index (κ2) is 10.4. The molecule has 0 bridgehead atoms. The van der Waals surface area contributed by atoms with Crippen molar-refractivity contribution in [2.24, 2.45) is 7.05 Å². The summed E-state index contributed by atoms with van der Waals surface area (Å²) >= 11 is 0. The molecule has 0 spiro atoms. The summed E-state index contributed by atoms with van der Waals surface area (Å²) in [5.74, 6) is -1.62. The van der Waals surface area contributed by atoms with E-state index in [1.54, 1.807) is 61.1 Å². The van der Waals surface area contributed by atoms with E-state index in [0.717, 1.165) is 5.69 Å². The number of nitrogens with one attached hydrogen (secondary N) is 1. The molecule has 0 fully saturated rings. The minimum absolute atomic E-state index is 0.0874. The summed E-state index contributed by atoms with van der Waals surface area (Å²) in [6.45, 7) is 1.05. The van der Waals surface area contributed by atoms with Crippen molar-refractivity contribution in [3.8, 4) is 11.8 Å². The Morgan fingerprint density at radius 1 is 1.12 bits per heavy atom. The summed E-state index contributed by atoms with van der Waals surface area (Å²) in [5, 5.41) is 11.9. The lowest BCUT2D eigenvalue weighted by Gasteiger charge is -2.11. The number of hydrogen-bond donors (Lipinski definition) is 1. The van der Waals surface area contributed by atoms with Crippen LogP contribution < -0.4 is 15.8 Å². The average Bonchev–Trinajstić information content (AvgIpc) is 3.04. The molecule has 1 N–H and O–H groups in total. The highest BCUT2D eigenvalue weighted by atomic mass is 16.5. The minimum Gasteiger partial charge on any atom is -0.451 e. The Hall–Kier alpha value is -4.58. The van der Waals surface area contributed by atoms with E-state index in [2.05, 4.69) is 5.32 Å². The van der Waals surface area contributed by atoms with Crippen LogP contribution in [0.2, 0.25) is 0 Å². The van der Waals surface area contributed by atoms with Crippen molar-refractivity contribution in [3.05, 3.63) is 81.8 Å². The molecule has 0 aliphatic rings. The quantitative estimate of drug-likeness (QED) is 0.331. The van der Waals surface area contributed by atoms with E-state index < -0.39 is 24.0 Å². The normalized spacial score (nSPS) is 11.0. The molecule has 0 unspecified atom stereocenters. The Balaban J connectivity index is 1.68. The van der Waals surface area contributed by atoms with Crippen molar-refractivity contribution in [1.82, 2.24) is 9.36 Å². The highest BCUT2D eigenvalue weighted by Crippen LogP contribution is 2.16. The van der Waals surface area contributed by atoms with Crippen LogP contribution in [-0.2, 0) is 21.4 Å². The number of aromatic nitrogens is 2. The number of esters is 1. The molecule has 0 atom stereocenters. The molecular formula is C25H25N5O4. The first-order valence-corrected chi connectivity index (χ1v) is 10.4. The molecule has 0 aliphatic carbocycles. The molecule has 9 nitrogen and oxygen atoms in total. The van der Waals surface area contributed by atoms with Gasteiger partial charge in [0.25, 0.3) is 11.5 Å². The summed E-state index contributed by atoms with van der Waals surface area (Å²) in [7, 11) is 5.51. The van der Waals surface area contributed by atoms with E-state index in [4.69, 9.17) is 4.74 Å². The van der Waals surface area contributed by atoms with Crippen LogP contribution in [0.25, 0.3) is 11.8 Å². The molecule has 2 aromatic carbocycles. The number of nitriles is 1. The van der Waals surface area contributed by atoms with Crippen LogP contribution in [-0.4, -0.2) is 41.9 Å². The highest BCUT2D eigenvalue weighted by molar-refractivity contribution is 6.00. The smallest absolute Gasteiger partial charge is 0.349 e. The van der Waals surface area contributed by atoms with Gasteiger partial charge in [-0.1, -0.05) is 30.3 Å². The third-order valence-electron chi connectivity index (χ3n) is 5.21. The molecule has 0 saturated heterocycles. The SMILES string of the molecule is Cc1c(NC(=O)COC(=O)C(C#N)=Cc2ccc(N(C)C)cc2)c(=O)n(-c2ccccc2)n1C. The van der Waals surface area contributed by atoms with Gasteiger partial charge >= 0.3 is 5.97 Å². The molecule has 1 aromatic heterocycles. The van der Waals surface area contributed by atoms with Crippen molar-refractivity contribution in [2.75, 3.05) is 30.9 Å². The molecule has 0 radical (unpaired) electrons. The van der Waals surface area contributed by atoms with Gasteiger partial charge in [0.1, 0.15) is 17.3 Å². The Morgan fingerprint density at radius 2 is 1.76 bits per heavy atom. The average molecular weight is 460 g/mol. The Morgan fingerprint density at radius 3 is 2.35 bits per heavy atom. The van der Waals surface area contributed by atoms with Crippen molar-refractivity contribution < 1.29 is 14.3 Å². The lowest BCUT2D eigenvalue weighted by atomic mass is 10.1. The highest BCUT2D eigenvalue weighted by Gasteiger charge is 2.19. The van der Waals surface area contributed by atoms with Crippen molar-refractivity contribution in [1.29, 1.82) is 5.26 Å². The summed E-state index contributed by atoms with van der Waals surface area (Å²) in [6, 6.07) is 18.0. The van der Waals surface area contributed by atoms with Crippen molar-refractivity contribution >= 4 is 29.3 Å². The maximum atomic E-state index is 12.9. The van der Waals surface area contributed by atoms with E-state index >= 15 is 0 Å². The van der Waals surface area contributed by atoms with Gasteiger partial charge in [-0.15, -0.1) is 0 Å². The summed E-state index contributed by atoms with van der Waals surface area (Å²) in [6.07, 6.45) is 1.39. The van der Waals surface area contributed by atoms with Crippen LogP contribution >= 0.6 is 0 Å². The van der Waals surface area contributed by atoms with Crippen LogP contribution in [0.4, 0.5) is 11.4 Å².